The lowest BCUT2D eigenvalue weighted by atomic mass is 10.1. The highest BCUT2D eigenvalue weighted by Gasteiger charge is 2.24. The maximum Gasteiger partial charge on any atom is 0.340 e. The Morgan fingerprint density at radius 3 is 2.62 bits per heavy atom. The molecule has 0 saturated heterocycles. The van der Waals surface area contributed by atoms with Crippen LogP contribution in [0.2, 0.25) is 0 Å². The molecule has 16 heavy (non-hydrogen) atoms. The number of methoxy groups -OCH3 is 1. The zero-order chi connectivity index (χ0) is 12.3. The highest BCUT2D eigenvalue weighted by Crippen LogP contribution is 2.31. The molecule has 0 atom stereocenters. The van der Waals surface area contributed by atoms with E-state index < -0.39 is 10.9 Å². The van der Waals surface area contributed by atoms with Crippen LogP contribution >= 0.6 is 15.9 Å². The van der Waals surface area contributed by atoms with E-state index in [0.29, 0.717) is 0 Å². The van der Waals surface area contributed by atoms with E-state index in [0.717, 1.165) is 0 Å². The first-order chi connectivity index (χ1) is 7.52. The monoisotopic (exact) mass is 289 g/mol. The Balaban J connectivity index is 3.56. The Bertz CT molecular complexity index is 446. The fraction of sp³-hybridized carbons (Fsp3) is 0.222. The number of nitro benzene ring substituents is 1. The molecule has 0 amide bonds. The molecule has 0 unspecified atom stereocenters. The molecule has 6 nitrogen and oxygen atoms in total. The second-order valence-corrected chi connectivity index (χ2v) is 3.40. The van der Waals surface area contributed by atoms with Crippen LogP contribution in [0.3, 0.4) is 0 Å². The molecular weight excluding hydrogens is 282 g/mol. The number of ether oxygens (including phenoxy) is 1. The highest BCUT2D eigenvalue weighted by atomic mass is 79.9. The largest absolute Gasteiger partial charge is 0.496 e. The van der Waals surface area contributed by atoms with Crippen molar-refractivity contribution in [2.75, 3.05) is 7.11 Å². The van der Waals surface area contributed by atoms with Crippen LogP contribution in [-0.4, -0.2) is 23.1 Å². The fourth-order valence-corrected chi connectivity index (χ4v) is 1.89. The summed E-state index contributed by atoms with van der Waals surface area (Å²) < 4.78 is 4.86. The first-order valence-electron chi connectivity index (χ1n) is 4.16. The van der Waals surface area contributed by atoms with Crippen LogP contribution in [0.15, 0.2) is 12.1 Å². The summed E-state index contributed by atoms with van der Waals surface area (Å²) in [5.74, 6) is -1.15. The topological polar surface area (TPSA) is 89.7 Å². The summed E-state index contributed by atoms with van der Waals surface area (Å²) in [6, 6.07) is 2.50. The van der Waals surface area contributed by atoms with Crippen LogP contribution in [0, 0.1) is 10.1 Å². The van der Waals surface area contributed by atoms with Gasteiger partial charge in [-0.25, -0.2) is 4.79 Å². The third kappa shape index (κ3) is 2.13. The van der Waals surface area contributed by atoms with Gasteiger partial charge in [0, 0.05) is 11.4 Å². The van der Waals surface area contributed by atoms with Crippen molar-refractivity contribution >= 4 is 27.6 Å². The van der Waals surface area contributed by atoms with Crippen molar-refractivity contribution in [2.45, 2.75) is 5.33 Å². The molecule has 0 aliphatic rings. The van der Waals surface area contributed by atoms with Crippen molar-refractivity contribution in [3.8, 4) is 5.75 Å². The lowest BCUT2D eigenvalue weighted by Gasteiger charge is -2.08. The summed E-state index contributed by atoms with van der Waals surface area (Å²) in [6.45, 7) is 0. The molecule has 0 spiro atoms. The van der Waals surface area contributed by atoms with Gasteiger partial charge in [-0.15, -0.1) is 0 Å². The number of rotatable bonds is 4. The predicted molar refractivity (Wildman–Crippen MR) is 59.2 cm³/mol. The maximum absolute atomic E-state index is 11.0. The molecule has 0 bridgehead atoms. The number of halogens is 1. The molecule has 1 rings (SSSR count). The van der Waals surface area contributed by atoms with Crippen molar-refractivity contribution in [3.05, 3.63) is 33.4 Å². The summed E-state index contributed by atoms with van der Waals surface area (Å²) in [7, 11) is 1.31. The number of carboxylic acids is 1. The molecule has 0 aliphatic heterocycles. The van der Waals surface area contributed by atoms with E-state index in [2.05, 4.69) is 15.9 Å². The minimum Gasteiger partial charge on any atom is -0.496 e. The van der Waals surface area contributed by atoms with Gasteiger partial charge >= 0.3 is 5.97 Å². The third-order valence-electron chi connectivity index (χ3n) is 2.01. The van der Waals surface area contributed by atoms with Crippen LogP contribution in [0.1, 0.15) is 15.9 Å². The zero-order valence-corrected chi connectivity index (χ0v) is 9.85. The predicted octanol–water partition coefficient (Wildman–Crippen LogP) is 2.20. The van der Waals surface area contributed by atoms with Crippen LogP contribution in [-0.2, 0) is 5.33 Å². The van der Waals surface area contributed by atoms with E-state index in [1.165, 1.54) is 19.2 Å². The van der Waals surface area contributed by atoms with Gasteiger partial charge in [-0.3, -0.25) is 10.1 Å². The lowest BCUT2D eigenvalue weighted by Crippen LogP contribution is -2.07. The van der Waals surface area contributed by atoms with Gasteiger partial charge in [-0.2, -0.15) is 0 Å². The number of hydrogen-bond acceptors (Lipinski definition) is 4. The zero-order valence-electron chi connectivity index (χ0n) is 8.27. The van der Waals surface area contributed by atoms with Gasteiger partial charge in [0.05, 0.1) is 17.6 Å². The molecule has 0 aliphatic carbocycles. The summed E-state index contributed by atoms with van der Waals surface area (Å²) in [6.07, 6.45) is 0. The van der Waals surface area contributed by atoms with Crippen molar-refractivity contribution in [1.82, 2.24) is 0 Å². The van der Waals surface area contributed by atoms with Crippen molar-refractivity contribution in [3.63, 3.8) is 0 Å². The van der Waals surface area contributed by atoms with Gasteiger partial charge in [-0.1, -0.05) is 15.9 Å². The lowest BCUT2D eigenvalue weighted by molar-refractivity contribution is -0.385. The summed E-state index contributed by atoms with van der Waals surface area (Å²) in [4.78, 5) is 21.1. The van der Waals surface area contributed by atoms with E-state index in [-0.39, 0.29) is 27.9 Å². The molecule has 1 N–H and O–H groups in total. The summed E-state index contributed by atoms with van der Waals surface area (Å²) in [5.41, 5.74) is -0.333. The minimum atomic E-state index is -1.25. The molecule has 0 heterocycles. The molecule has 86 valence electrons. The molecule has 0 radical (unpaired) electrons. The first kappa shape index (κ1) is 12.4. The van der Waals surface area contributed by atoms with Crippen molar-refractivity contribution < 1.29 is 19.6 Å². The second kappa shape index (κ2) is 4.93. The average Bonchev–Trinajstić information content (AvgIpc) is 2.26. The van der Waals surface area contributed by atoms with Crippen molar-refractivity contribution in [1.29, 1.82) is 0 Å². The van der Waals surface area contributed by atoms with Crippen LogP contribution in [0.4, 0.5) is 5.69 Å². The molecule has 1 aromatic carbocycles. The quantitative estimate of drug-likeness (QED) is 0.521. The number of hydrogen-bond donors (Lipinski definition) is 1. The second-order valence-electron chi connectivity index (χ2n) is 2.84. The van der Waals surface area contributed by atoms with Crippen LogP contribution in [0.25, 0.3) is 0 Å². The Morgan fingerprint density at radius 1 is 1.62 bits per heavy atom. The molecule has 0 fully saturated rings. The number of alkyl halides is 1. The maximum atomic E-state index is 11.0. The normalized spacial score (nSPS) is 9.88. The molecule has 7 heteroatoms. The fourth-order valence-electron chi connectivity index (χ4n) is 1.33. The van der Waals surface area contributed by atoms with Gasteiger partial charge in [0.15, 0.2) is 0 Å². The molecule has 0 saturated carbocycles. The Hall–Kier alpha value is -1.63. The number of nitrogens with zero attached hydrogens (tertiary/aromatic N) is 1. The summed E-state index contributed by atoms with van der Waals surface area (Å²) >= 11 is 3.04. The van der Waals surface area contributed by atoms with E-state index in [1.807, 2.05) is 0 Å². The smallest absolute Gasteiger partial charge is 0.340 e. The number of carboxylic acid groups (broad SMARTS) is 1. The average molecular weight is 290 g/mol. The van der Waals surface area contributed by atoms with E-state index >= 15 is 0 Å². The Morgan fingerprint density at radius 2 is 2.25 bits per heavy atom. The van der Waals surface area contributed by atoms with E-state index in [4.69, 9.17) is 9.84 Å². The van der Waals surface area contributed by atoms with Crippen LogP contribution < -0.4 is 4.74 Å². The Labute approximate surface area is 99.1 Å². The molecular formula is C9H8BrNO5. The number of nitro groups is 1. The third-order valence-corrected chi connectivity index (χ3v) is 2.57. The standard InChI is InChI=1S/C9H8BrNO5/c1-16-7-3-2-6(11(14)15)5(4-10)8(7)9(12)13/h2-3H,4H2,1H3,(H,12,13). The van der Waals surface area contributed by atoms with Crippen molar-refractivity contribution in [2.24, 2.45) is 0 Å². The highest BCUT2D eigenvalue weighted by molar-refractivity contribution is 9.08. The molecule has 1 aromatic rings. The Kier molecular flexibility index (Phi) is 3.83. The molecule has 0 aromatic heterocycles. The number of aromatic carboxylic acids is 1. The SMILES string of the molecule is COc1ccc([N+](=O)[O-])c(CBr)c1C(=O)O. The van der Waals surface area contributed by atoms with Gasteiger partial charge in [-0.05, 0) is 6.07 Å². The first-order valence-corrected chi connectivity index (χ1v) is 5.28. The van der Waals surface area contributed by atoms with E-state index in [1.54, 1.807) is 0 Å². The minimum absolute atomic E-state index is 0.0716. The van der Waals surface area contributed by atoms with Gasteiger partial charge in [0.1, 0.15) is 11.3 Å². The number of carbonyl (C=O) groups is 1. The number of benzene rings is 1. The van der Waals surface area contributed by atoms with Gasteiger partial charge in [0.2, 0.25) is 0 Å². The van der Waals surface area contributed by atoms with Crippen LogP contribution in [0.5, 0.6) is 5.75 Å². The van der Waals surface area contributed by atoms with Gasteiger partial charge < -0.3 is 9.84 Å². The van der Waals surface area contributed by atoms with E-state index in [9.17, 15) is 14.9 Å². The van der Waals surface area contributed by atoms with Gasteiger partial charge in [0.25, 0.3) is 5.69 Å². The summed E-state index contributed by atoms with van der Waals surface area (Å²) in [5, 5.41) is 19.8.